The fourth-order valence-corrected chi connectivity index (χ4v) is 2.39. The van der Waals surface area contributed by atoms with Crippen molar-refractivity contribution < 1.29 is 4.79 Å². The first-order valence-electron chi connectivity index (χ1n) is 9.96. The Hall–Kier alpha value is -1.53. The van der Waals surface area contributed by atoms with Crippen LogP contribution in [0.25, 0.3) is 0 Å². The second-order valence-electron chi connectivity index (χ2n) is 7.47. The normalized spacial score (nSPS) is 13.6. The zero-order chi connectivity index (χ0) is 21.5. The van der Waals surface area contributed by atoms with E-state index in [9.17, 15) is 4.79 Å². The molecule has 1 aromatic rings. The molecule has 0 aliphatic carbocycles. The number of hydrogen-bond acceptors (Lipinski definition) is 2. The minimum absolute atomic E-state index is 0.189. The average Bonchev–Trinajstić information content (AvgIpc) is 2.65. The molecular formula is C23H39ClN2O. The van der Waals surface area contributed by atoms with Gasteiger partial charge in [0.2, 0.25) is 5.91 Å². The Morgan fingerprint density at radius 3 is 1.85 bits per heavy atom. The summed E-state index contributed by atoms with van der Waals surface area (Å²) in [6.07, 6.45) is 3.38. The molecule has 1 heterocycles. The maximum Gasteiger partial charge on any atom is 0.219 e. The number of carbonyl (C=O) groups is 1. The molecule has 1 saturated heterocycles. The summed E-state index contributed by atoms with van der Waals surface area (Å²) >= 11 is 5.86. The molecule has 0 bridgehead atoms. The molecule has 0 unspecified atom stereocenters. The Morgan fingerprint density at radius 2 is 1.56 bits per heavy atom. The lowest BCUT2D eigenvalue weighted by molar-refractivity contribution is -0.129. The van der Waals surface area contributed by atoms with E-state index in [0.717, 1.165) is 31.0 Å². The van der Waals surface area contributed by atoms with Crippen LogP contribution < -0.4 is 0 Å². The summed E-state index contributed by atoms with van der Waals surface area (Å²) in [6.45, 7) is 17.8. The summed E-state index contributed by atoms with van der Waals surface area (Å²) < 4.78 is 0. The van der Waals surface area contributed by atoms with Crippen molar-refractivity contribution >= 4 is 17.5 Å². The van der Waals surface area contributed by atoms with E-state index in [1.807, 2.05) is 30.9 Å². The smallest absolute Gasteiger partial charge is 0.219 e. The maximum absolute atomic E-state index is 11.2. The topological polar surface area (TPSA) is 44.1 Å². The molecule has 0 aromatic heterocycles. The molecule has 0 spiro atoms. The van der Waals surface area contributed by atoms with Crippen molar-refractivity contribution in [2.45, 2.75) is 80.6 Å². The standard InChI is InChI=1S/C13H16ClNO.C6H14.C2H3N.C2H6/c1-10(16)15-8-6-12(7-9-15)11-2-4-13(14)5-3-11;1-5-6(2,3)4;1-2-3;1-2/h2-5,12H,6-9H2,1H3;5H2,1-4H3;1H3;1-2H3. The van der Waals surface area contributed by atoms with E-state index in [0.29, 0.717) is 11.3 Å². The van der Waals surface area contributed by atoms with Crippen LogP contribution in [-0.4, -0.2) is 23.9 Å². The van der Waals surface area contributed by atoms with E-state index < -0.39 is 0 Å². The number of amides is 1. The lowest BCUT2D eigenvalue weighted by Crippen LogP contribution is -2.36. The van der Waals surface area contributed by atoms with E-state index in [1.54, 1.807) is 13.0 Å². The van der Waals surface area contributed by atoms with Crippen molar-refractivity contribution in [3.8, 4) is 6.07 Å². The Kier molecular flexibility index (Phi) is 15.9. The van der Waals surface area contributed by atoms with E-state index in [-0.39, 0.29) is 5.91 Å². The van der Waals surface area contributed by atoms with Gasteiger partial charge in [-0.3, -0.25) is 4.79 Å². The molecule has 1 aliphatic rings. The lowest BCUT2D eigenvalue weighted by atomic mass is 9.89. The van der Waals surface area contributed by atoms with Gasteiger partial charge in [0.25, 0.3) is 0 Å². The van der Waals surface area contributed by atoms with Gasteiger partial charge in [-0.1, -0.05) is 71.7 Å². The number of nitriles is 1. The summed E-state index contributed by atoms with van der Waals surface area (Å²) in [7, 11) is 0. The summed E-state index contributed by atoms with van der Waals surface area (Å²) in [6, 6.07) is 9.81. The number of piperidine rings is 1. The third kappa shape index (κ3) is 14.2. The molecule has 4 heteroatoms. The molecule has 27 heavy (non-hydrogen) atoms. The zero-order valence-electron chi connectivity index (χ0n) is 18.6. The quantitative estimate of drug-likeness (QED) is 0.511. The van der Waals surface area contributed by atoms with Crippen LogP contribution in [0.15, 0.2) is 24.3 Å². The number of nitrogens with zero attached hydrogens (tertiary/aromatic N) is 2. The molecule has 1 aliphatic heterocycles. The number of hydrogen-bond donors (Lipinski definition) is 0. The molecule has 154 valence electrons. The third-order valence-corrected chi connectivity index (χ3v) is 4.59. The highest BCUT2D eigenvalue weighted by Crippen LogP contribution is 2.28. The van der Waals surface area contributed by atoms with Gasteiger partial charge < -0.3 is 4.90 Å². The van der Waals surface area contributed by atoms with Gasteiger partial charge in [-0.15, -0.1) is 0 Å². The minimum Gasteiger partial charge on any atom is -0.343 e. The van der Waals surface area contributed by atoms with E-state index in [1.165, 1.54) is 18.9 Å². The highest BCUT2D eigenvalue weighted by atomic mass is 35.5. The SMILES string of the molecule is CC.CC#N.CC(=O)N1CCC(c2ccc(Cl)cc2)CC1.CCC(C)(C)C. The summed E-state index contributed by atoms with van der Waals surface area (Å²) in [5, 5.41) is 8.10. The van der Waals surface area contributed by atoms with Gasteiger partial charge in [0.15, 0.2) is 0 Å². The first-order chi connectivity index (χ1) is 12.6. The number of carbonyl (C=O) groups excluding carboxylic acids is 1. The molecule has 1 amide bonds. The summed E-state index contributed by atoms with van der Waals surface area (Å²) in [5.74, 6) is 0.766. The van der Waals surface area contributed by atoms with Gasteiger partial charge in [0.05, 0.1) is 6.07 Å². The molecule has 1 fully saturated rings. The van der Waals surface area contributed by atoms with Crippen LogP contribution in [0.2, 0.25) is 5.02 Å². The molecule has 3 nitrogen and oxygen atoms in total. The Morgan fingerprint density at radius 1 is 1.19 bits per heavy atom. The van der Waals surface area contributed by atoms with Gasteiger partial charge >= 0.3 is 0 Å². The predicted molar refractivity (Wildman–Crippen MR) is 118 cm³/mol. The molecule has 2 rings (SSSR count). The van der Waals surface area contributed by atoms with Gasteiger partial charge in [-0.25, -0.2) is 0 Å². The van der Waals surface area contributed by atoms with Crippen LogP contribution in [-0.2, 0) is 4.79 Å². The van der Waals surface area contributed by atoms with Gasteiger partial charge in [-0.2, -0.15) is 5.26 Å². The van der Waals surface area contributed by atoms with Crippen molar-refractivity contribution in [3.05, 3.63) is 34.9 Å². The van der Waals surface area contributed by atoms with Crippen molar-refractivity contribution in [2.24, 2.45) is 5.41 Å². The monoisotopic (exact) mass is 394 g/mol. The number of benzene rings is 1. The number of likely N-dealkylation sites (tertiary alicyclic amines) is 1. The minimum atomic E-state index is 0.189. The van der Waals surface area contributed by atoms with Crippen LogP contribution in [0.3, 0.4) is 0 Å². The van der Waals surface area contributed by atoms with Crippen LogP contribution in [0.1, 0.15) is 86.1 Å². The van der Waals surface area contributed by atoms with Gasteiger partial charge in [0, 0.05) is 32.0 Å². The Bertz CT molecular complexity index is 533. The van der Waals surface area contributed by atoms with Crippen molar-refractivity contribution in [1.82, 2.24) is 4.90 Å². The zero-order valence-corrected chi connectivity index (χ0v) is 19.4. The lowest BCUT2D eigenvalue weighted by Gasteiger charge is -2.31. The fraction of sp³-hybridized carbons (Fsp3) is 0.652. The first kappa shape index (κ1) is 27.7. The van der Waals surface area contributed by atoms with E-state index in [4.69, 9.17) is 16.9 Å². The van der Waals surface area contributed by atoms with Crippen LogP contribution >= 0.6 is 11.6 Å². The van der Waals surface area contributed by atoms with Gasteiger partial charge in [-0.05, 0) is 41.9 Å². The Labute approximate surface area is 172 Å². The van der Waals surface area contributed by atoms with Crippen molar-refractivity contribution in [3.63, 3.8) is 0 Å². The maximum atomic E-state index is 11.2. The second-order valence-corrected chi connectivity index (χ2v) is 7.91. The summed E-state index contributed by atoms with van der Waals surface area (Å²) in [5.41, 5.74) is 1.88. The van der Waals surface area contributed by atoms with Crippen molar-refractivity contribution in [1.29, 1.82) is 5.26 Å². The largest absolute Gasteiger partial charge is 0.343 e. The predicted octanol–water partition coefficient (Wildman–Crippen LogP) is 7.06. The Balaban J connectivity index is 0. The third-order valence-electron chi connectivity index (χ3n) is 4.34. The average molecular weight is 395 g/mol. The van der Waals surface area contributed by atoms with Crippen LogP contribution in [0, 0.1) is 16.7 Å². The molecule has 1 aromatic carbocycles. The van der Waals surface area contributed by atoms with E-state index in [2.05, 4.69) is 39.8 Å². The molecule has 0 radical (unpaired) electrons. The summed E-state index contributed by atoms with van der Waals surface area (Å²) in [4.78, 5) is 13.1. The van der Waals surface area contributed by atoms with E-state index >= 15 is 0 Å². The fourth-order valence-electron chi connectivity index (χ4n) is 2.26. The van der Waals surface area contributed by atoms with Crippen molar-refractivity contribution in [2.75, 3.05) is 13.1 Å². The highest BCUT2D eigenvalue weighted by Gasteiger charge is 2.21. The van der Waals surface area contributed by atoms with Crippen LogP contribution in [0.4, 0.5) is 0 Å². The molecule has 0 atom stereocenters. The van der Waals surface area contributed by atoms with Gasteiger partial charge in [0.1, 0.15) is 0 Å². The molecule has 0 N–H and O–H groups in total. The number of halogens is 1. The molecule has 0 saturated carbocycles. The van der Waals surface area contributed by atoms with Crippen LogP contribution in [0.5, 0.6) is 0 Å². The number of rotatable bonds is 1. The highest BCUT2D eigenvalue weighted by molar-refractivity contribution is 6.30. The molecular weight excluding hydrogens is 356 g/mol. The second kappa shape index (κ2) is 15.5. The first-order valence-corrected chi connectivity index (χ1v) is 10.3.